The molecule has 0 N–H and O–H groups in total. The van der Waals surface area contributed by atoms with Crippen molar-refractivity contribution in [2.75, 3.05) is 0 Å². The average Bonchev–Trinajstić information content (AvgIpc) is 2.98. The van der Waals surface area contributed by atoms with Gasteiger partial charge in [0.1, 0.15) is 5.82 Å². The van der Waals surface area contributed by atoms with Gasteiger partial charge in [-0.1, -0.05) is 43.2 Å². The maximum Gasteiger partial charge on any atom is 0.139 e. The molecule has 3 heteroatoms. The molecule has 1 heterocycles. The van der Waals surface area contributed by atoms with E-state index < -0.39 is 0 Å². The number of halogens is 1. The highest BCUT2D eigenvalue weighted by molar-refractivity contribution is 6.16. The lowest BCUT2D eigenvalue weighted by Crippen LogP contribution is -2.27. The molecule has 1 aromatic carbocycles. The van der Waals surface area contributed by atoms with E-state index in [0.717, 1.165) is 30.1 Å². The molecular formula is C17H19ClN2. The van der Waals surface area contributed by atoms with Gasteiger partial charge < -0.3 is 0 Å². The zero-order chi connectivity index (χ0) is 14.0. The second kappa shape index (κ2) is 5.53. The smallest absolute Gasteiger partial charge is 0.139 e. The normalized spacial score (nSPS) is 17.3. The van der Waals surface area contributed by atoms with E-state index in [4.69, 9.17) is 21.6 Å². The molecule has 20 heavy (non-hydrogen) atoms. The maximum atomic E-state index is 5.98. The van der Waals surface area contributed by atoms with Crippen LogP contribution in [0.3, 0.4) is 0 Å². The van der Waals surface area contributed by atoms with Crippen molar-refractivity contribution < 1.29 is 0 Å². The molecule has 0 aliphatic heterocycles. The summed E-state index contributed by atoms with van der Waals surface area (Å²) in [4.78, 5) is 9.48. The topological polar surface area (TPSA) is 25.8 Å². The van der Waals surface area contributed by atoms with Crippen molar-refractivity contribution in [2.24, 2.45) is 0 Å². The Morgan fingerprint density at radius 2 is 1.80 bits per heavy atom. The molecule has 0 spiro atoms. The minimum atomic E-state index is -0.0198. The van der Waals surface area contributed by atoms with Crippen molar-refractivity contribution in [3.8, 4) is 0 Å². The zero-order valence-corrected chi connectivity index (χ0v) is 12.5. The Kier molecular flexibility index (Phi) is 3.75. The van der Waals surface area contributed by atoms with E-state index in [1.165, 1.54) is 18.4 Å². The molecular weight excluding hydrogens is 268 g/mol. The largest absolute Gasteiger partial charge is 0.237 e. The summed E-state index contributed by atoms with van der Waals surface area (Å²) in [7, 11) is 0. The minimum absolute atomic E-state index is 0.0198. The van der Waals surface area contributed by atoms with E-state index in [9.17, 15) is 0 Å². The van der Waals surface area contributed by atoms with Gasteiger partial charge in [-0.3, -0.25) is 0 Å². The lowest BCUT2D eigenvalue weighted by Gasteiger charge is -2.28. The van der Waals surface area contributed by atoms with Crippen LogP contribution >= 0.6 is 11.6 Å². The average molecular weight is 287 g/mol. The molecule has 1 aliphatic carbocycles. The van der Waals surface area contributed by atoms with E-state index in [0.29, 0.717) is 5.88 Å². The highest BCUT2D eigenvalue weighted by Gasteiger charge is 2.40. The van der Waals surface area contributed by atoms with Gasteiger partial charge in [0.15, 0.2) is 0 Å². The predicted molar refractivity (Wildman–Crippen MR) is 82.0 cm³/mol. The highest BCUT2D eigenvalue weighted by atomic mass is 35.5. The lowest BCUT2D eigenvalue weighted by atomic mass is 9.78. The summed E-state index contributed by atoms with van der Waals surface area (Å²) in [6.45, 7) is 2.02. The summed E-state index contributed by atoms with van der Waals surface area (Å²) in [5.41, 5.74) is 3.25. The van der Waals surface area contributed by atoms with Crippen LogP contribution < -0.4 is 0 Å². The third-order valence-electron chi connectivity index (χ3n) is 4.26. The summed E-state index contributed by atoms with van der Waals surface area (Å²) >= 11 is 5.98. The molecule has 0 bridgehead atoms. The standard InChI is InChI=1S/C17H19ClN2/c1-13-11-15(12-18)20-16(19-13)17(9-5-6-10-17)14-7-3-2-4-8-14/h2-4,7-8,11H,5-6,9-10,12H2,1H3. The molecule has 0 radical (unpaired) electrons. The monoisotopic (exact) mass is 286 g/mol. The number of hydrogen-bond donors (Lipinski definition) is 0. The molecule has 0 saturated heterocycles. The predicted octanol–water partition coefficient (Wildman–Crippen LogP) is 4.38. The molecule has 1 aliphatic rings. The van der Waals surface area contributed by atoms with E-state index in [-0.39, 0.29) is 5.41 Å². The number of aromatic nitrogens is 2. The second-order valence-corrected chi connectivity index (χ2v) is 5.88. The van der Waals surface area contributed by atoms with Gasteiger partial charge in [-0.25, -0.2) is 9.97 Å². The van der Waals surface area contributed by atoms with Gasteiger partial charge in [-0.15, -0.1) is 11.6 Å². The van der Waals surface area contributed by atoms with Crippen molar-refractivity contribution in [3.05, 3.63) is 59.2 Å². The highest BCUT2D eigenvalue weighted by Crippen LogP contribution is 2.45. The Morgan fingerprint density at radius 3 is 2.45 bits per heavy atom. The molecule has 104 valence electrons. The van der Waals surface area contributed by atoms with Crippen LogP contribution in [0.1, 0.15) is 48.5 Å². The van der Waals surface area contributed by atoms with Crippen LogP contribution in [0.5, 0.6) is 0 Å². The molecule has 2 nitrogen and oxygen atoms in total. The van der Waals surface area contributed by atoms with Crippen molar-refractivity contribution in [1.29, 1.82) is 0 Å². The van der Waals surface area contributed by atoms with E-state index in [1.807, 2.05) is 13.0 Å². The number of alkyl halides is 1. The first-order chi connectivity index (χ1) is 9.74. The van der Waals surface area contributed by atoms with Gasteiger partial charge in [0.25, 0.3) is 0 Å². The fraction of sp³-hybridized carbons (Fsp3) is 0.412. The summed E-state index contributed by atoms with van der Waals surface area (Å²) in [5.74, 6) is 1.40. The fourth-order valence-corrected chi connectivity index (χ4v) is 3.43. The SMILES string of the molecule is Cc1cc(CCl)nc(C2(c3ccccc3)CCCC2)n1. The van der Waals surface area contributed by atoms with Crippen LogP contribution in [0.15, 0.2) is 36.4 Å². The Labute approximate surface area is 125 Å². The third kappa shape index (κ3) is 2.33. The van der Waals surface area contributed by atoms with Gasteiger partial charge in [-0.05, 0) is 31.4 Å². The van der Waals surface area contributed by atoms with Gasteiger partial charge in [0, 0.05) is 5.69 Å². The van der Waals surface area contributed by atoms with Crippen molar-refractivity contribution in [1.82, 2.24) is 9.97 Å². The summed E-state index contributed by atoms with van der Waals surface area (Å²) in [5, 5.41) is 0. The number of aryl methyl sites for hydroxylation is 1. The van der Waals surface area contributed by atoms with E-state index in [2.05, 4.69) is 30.3 Å². The van der Waals surface area contributed by atoms with Gasteiger partial charge in [0.2, 0.25) is 0 Å². The Bertz CT molecular complexity index is 589. The van der Waals surface area contributed by atoms with Crippen molar-refractivity contribution in [3.63, 3.8) is 0 Å². The zero-order valence-electron chi connectivity index (χ0n) is 11.8. The maximum absolute atomic E-state index is 5.98. The van der Waals surface area contributed by atoms with Crippen LogP contribution in [0, 0.1) is 6.92 Å². The Morgan fingerprint density at radius 1 is 1.10 bits per heavy atom. The van der Waals surface area contributed by atoms with E-state index >= 15 is 0 Å². The van der Waals surface area contributed by atoms with Crippen LogP contribution in [-0.4, -0.2) is 9.97 Å². The van der Waals surface area contributed by atoms with Crippen LogP contribution in [0.4, 0.5) is 0 Å². The fourth-order valence-electron chi connectivity index (χ4n) is 3.29. The number of rotatable bonds is 3. The summed E-state index contributed by atoms with van der Waals surface area (Å²) in [6, 6.07) is 12.7. The molecule has 1 fully saturated rings. The molecule has 0 unspecified atom stereocenters. The van der Waals surface area contributed by atoms with Gasteiger partial charge >= 0.3 is 0 Å². The minimum Gasteiger partial charge on any atom is -0.237 e. The molecule has 0 atom stereocenters. The first-order valence-electron chi connectivity index (χ1n) is 7.21. The van der Waals surface area contributed by atoms with Crippen LogP contribution in [0.2, 0.25) is 0 Å². The number of hydrogen-bond acceptors (Lipinski definition) is 2. The molecule has 2 aromatic rings. The quantitative estimate of drug-likeness (QED) is 0.782. The summed E-state index contributed by atoms with van der Waals surface area (Å²) < 4.78 is 0. The molecule has 3 rings (SSSR count). The van der Waals surface area contributed by atoms with Crippen molar-refractivity contribution >= 4 is 11.6 Å². The number of nitrogens with zero attached hydrogens (tertiary/aromatic N) is 2. The second-order valence-electron chi connectivity index (χ2n) is 5.61. The molecule has 0 amide bonds. The number of benzene rings is 1. The first-order valence-corrected chi connectivity index (χ1v) is 7.74. The third-order valence-corrected chi connectivity index (χ3v) is 4.53. The molecule has 1 aromatic heterocycles. The van der Waals surface area contributed by atoms with E-state index in [1.54, 1.807) is 0 Å². The Balaban J connectivity index is 2.14. The lowest BCUT2D eigenvalue weighted by molar-refractivity contribution is 0.495. The molecule has 1 saturated carbocycles. The summed E-state index contributed by atoms with van der Waals surface area (Å²) in [6.07, 6.45) is 4.73. The first kappa shape index (κ1) is 13.6. The van der Waals surface area contributed by atoms with Crippen molar-refractivity contribution in [2.45, 2.75) is 43.9 Å². The van der Waals surface area contributed by atoms with Crippen LogP contribution in [-0.2, 0) is 11.3 Å². The van der Waals surface area contributed by atoms with Gasteiger partial charge in [0.05, 0.1) is 17.0 Å². The Hall–Kier alpha value is -1.41. The van der Waals surface area contributed by atoms with Gasteiger partial charge in [-0.2, -0.15) is 0 Å². The van der Waals surface area contributed by atoms with Crippen LogP contribution in [0.25, 0.3) is 0 Å².